The molecule has 0 bridgehead atoms. The number of benzene rings is 2. The van der Waals surface area contributed by atoms with Gasteiger partial charge in [0.1, 0.15) is 5.82 Å². The number of carbonyl (C=O) groups excluding carboxylic acids is 1. The lowest BCUT2D eigenvalue weighted by Crippen LogP contribution is -2.18. The number of halogens is 1. The number of aromatic nitrogens is 2. The van der Waals surface area contributed by atoms with Gasteiger partial charge in [0.05, 0.1) is 23.6 Å². The summed E-state index contributed by atoms with van der Waals surface area (Å²) in [6, 6.07) is 9.57. The maximum atomic E-state index is 14.2. The average Bonchev–Trinajstić information content (AvgIpc) is 3.46. The average molecular weight is 443 g/mol. The zero-order valence-electron chi connectivity index (χ0n) is 17.0. The number of primary sulfonamides is 1. The number of carbonyl (C=O) groups is 1. The van der Waals surface area contributed by atoms with Crippen LogP contribution in [-0.2, 0) is 27.7 Å². The Kier molecular flexibility index (Phi) is 5.63. The topological polar surface area (TPSA) is 107 Å². The predicted octanol–water partition coefficient (Wildman–Crippen LogP) is 3.42. The molecule has 3 N–H and O–H groups in total. The molecule has 0 spiro atoms. The van der Waals surface area contributed by atoms with Crippen LogP contribution in [0.1, 0.15) is 36.9 Å². The smallest absolute Gasteiger partial charge is 0.238 e. The van der Waals surface area contributed by atoms with Gasteiger partial charge in [-0.1, -0.05) is 25.1 Å². The maximum Gasteiger partial charge on any atom is 0.238 e. The Balaban J connectivity index is 1.60. The molecule has 0 aliphatic heterocycles. The van der Waals surface area contributed by atoms with E-state index in [1.54, 1.807) is 36.7 Å². The third-order valence-electron chi connectivity index (χ3n) is 5.34. The van der Waals surface area contributed by atoms with E-state index in [0.29, 0.717) is 29.2 Å². The van der Waals surface area contributed by atoms with E-state index in [1.807, 2.05) is 11.6 Å². The fraction of sp³-hybridized carbons (Fsp3) is 0.273. The van der Waals surface area contributed by atoms with Crippen molar-refractivity contribution >= 4 is 21.6 Å². The van der Waals surface area contributed by atoms with Crippen LogP contribution in [0.4, 0.5) is 10.1 Å². The van der Waals surface area contributed by atoms with Crippen LogP contribution in [0, 0.1) is 5.82 Å². The molecule has 31 heavy (non-hydrogen) atoms. The number of sulfonamides is 1. The van der Waals surface area contributed by atoms with Crippen molar-refractivity contribution < 1.29 is 17.6 Å². The number of hydrogen-bond donors (Lipinski definition) is 2. The van der Waals surface area contributed by atoms with Gasteiger partial charge >= 0.3 is 0 Å². The Morgan fingerprint density at radius 2 is 2.06 bits per heavy atom. The minimum absolute atomic E-state index is 0.110. The molecule has 1 fully saturated rings. The molecule has 7 nitrogen and oxygen atoms in total. The fourth-order valence-corrected chi connectivity index (χ4v) is 4.37. The normalized spacial score (nSPS) is 13.9. The summed E-state index contributed by atoms with van der Waals surface area (Å²) in [4.78, 5) is 12.4. The zero-order chi connectivity index (χ0) is 22.2. The Hall–Kier alpha value is -3.04. The molecule has 0 unspecified atom stereocenters. The van der Waals surface area contributed by atoms with Gasteiger partial charge in [-0.3, -0.25) is 9.48 Å². The van der Waals surface area contributed by atoms with Crippen molar-refractivity contribution in [1.29, 1.82) is 0 Å². The van der Waals surface area contributed by atoms with Crippen LogP contribution < -0.4 is 10.5 Å². The monoisotopic (exact) mass is 442 g/mol. The van der Waals surface area contributed by atoms with Crippen LogP contribution in [0.3, 0.4) is 0 Å². The van der Waals surface area contributed by atoms with E-state index in [2.05, 4.69) is 10.4 Å². The highest BCUT2D eigenvalue weighted by atomic mass is 32.2. The predicted molar refractivity (Wildman–Crippen MR) is 115 cm³/mol. The van der Waals surface area contributed by atoms with E-state index < -0.39 is 21.7 Å². The minimum atomic E-state index is -4.06. The largest absolute Gasteiger partial charge is 0.326 e. The maximum absolute atomic E-state index is 14.2. The van der Waals surface area contributed by atoms with Crippen molar-refractivity contribution in [3.63, 3.8) is 0 Å². The van der Waals surface area contributed by atoms with E-state index in [9.17, 15) is 17.6 Å². The summed E-state index contributed by atoms with van der Waals surface area (Å²) in [5, 5.41) is 12.4. The van der Waals surface area contributed by atoms with Gasteiger partial charge in [-0.05, 0) is 43.0 Å². The molecule has 1 aliphatic carbocycles. The molecule has 1 aromatic heterocycles. The van der Waals surface area contributed by atoms with Gasteiger partial charge < -0.3 is 5.32 Å². The van der Waals surface area contributed by atoms with E-state index >= 15 is 0 Å². The molecular weight excluding hydrogens is 419 g/mol. The molecule has 9 heteroatoms. The number of nitrogens with zero attached hydrogens (tertiary/aromatic N) is 2. The molecular formula is C22H23FN4O3S. The van der Waals surface area contributed by atoms with Crippen LogP contribution in [0.25, 0.3) is 11.1 Å². The van der Waals surface area contributed by atoms with E-state index in [4.69, 9.17) is 5.14 Å². The highest BCUT2D eigenvalue weighted by Crippen LogP contribution is 2.36. The van der Waals surface area contributed by atoms with Crippen LogP contribution >= 0.6 is 0 Å². The molecule has 4 rings (SSSR count). The lowest BCUT2D eigenvalue weighted by molar-refractivity contribution is -0.115. The fourth-order valence-electron chi connectivity index (χ4n) is 3.59. The number of anilines is 1. The second-order valence-electron chi connectivity index (χ2n) is 7.65. The third kappa shape index (κ3) is 4.67. The van der Waals surface area contributed by atoms with Crippen molar-refractivity contribution in [1.82, 2.24) is 9.78 Å². The first-order valence-electron chi connectivity index (χ1n) is 10.0. The minimum Gasteiger partial charge on any atom is -0.326 e. The van der Waals surface area contributed by atoms with Gasteiger partial charge in [0.2, 0.25) is 15.9 Å². The number of nitrogens with two attached hydrogens (primary N) is 1. The Labute approximate surface area is 180 Å². The van der Waals surface area contributed by atoms with Crippen molar-refractivity contribution in [3.05, 3.63) is 65.7 Å². The van der Waals surface area contributed by atoms with Gasteiger partial charge in [-0.25, -0.2) is 17.9 Å². The van der Waals surface area contributed by atoms with Gasteiger partial charge in [0.25, 0.3) is 0 Å². The Morgan fingerprint density at radius 3 is 2.74 bits per heavy atom. The van der Waals surface area contributed by atoms with Crippen molar-refractivity contribution in [3.8, 4) is 11.1 Å². The number of aryl methyl sites for hydroxylation is 1. The van der Waals surface area contributed by atoms with E-state index in [-0.39, 0.29) is 17.0 Å². The van der Waals surface area contributed by atoms with Crippen molar-refractivity contribution in [2.24, 2.45) is 5.14 Å². The first kappa shape index (κ1) is 21.2. The lowest BCUT2D eigenvalue weighted by Gasteiger charge is -2.12. The highest BCUT2D eigenvalue weighted by molar-refractivity contribution is 7.89. The lowest BCUT2D eigenvalue weighted by atomic mass is 10.0. The molecule has 0 radical (unpaired) electrons. The summed E-state index contributed by atoms with van der Waals surface area (Å²) < 4.78 is 40.4. The van der Waals surface area contributed by atoms with Crippen LogP contribution in [0.2, 0.25) is 0 Å². The molecule has 0 atom stereocenters. The molecule has 3 aromatic rings. The van der Waals surface area contributed by atoms with Gasteiger partial charge in [-0.15, -0.1) is 0 Å². The SMILES string of the molecule is CCc1cccc(F)c1CC(=O)Nc1ccc(-c2cnn(C3CC3)c2)c(S(N)(=O)=O)c1. The number of hydrogen-bond acceptors (Lipinski definition) is 4. The number of amides is 1. The second-order valence-corrected chi connectivity index (χ2v) is 9.18. The summed E-state index contributed by atoms with van der Waals surface area (Å²) >= 11 is 0. The summed E-state index contributed by atoms with van der Waals surface area (Å²) in [5.41, 5.74) is 2.39. The number of nitrogens with one attached hydrogen (secondary N) is 1. The molecule has 1 heterocycles. The zero-order valence-corrected chi connectivity index (χ0v) is 17.8. The molecule has 1 amide bonds. The molecule has 162 valence electrons. The van der Waals surface area contributed by atoms with Crippen molar-refractivity contribution in [2.75, 3.05) is 5.32 Å². The quantitative estimate of drug-likeness (QED) is 0.585. The summed E-state index contributed by atoms with van der Waals surface area (Å²) in [7, 11) is -4.06. The van der Waals surface area contributed by atoms with E-state index in [0.717, 1.165) is 18.4 Å². The van der Waals surface area contributed by atoms with Gasteiger partial charge in [0, 0.05) is 28.6 Å². The van der Waals surface area contributed by atoms with E-state index in [1.165, 1.54) is 12.1 Å². The highest BCUT2D eigenvalue weighted by Gasteiger charge is 2.25. The molecule has 2 aromatic carbocycles. The Morgan fingerprint density at radius 1 is 1.29 bits per heavy atom. The second kappa shape index (κ2) is 8.24. The van der Waals surface area contributed by atoms with Crippen LogP contribution in [0.5, 0.6) is 0 Å². The first-order chi connectivity index (χ1) is 14.8. The summed E-state index contributed by atoms with van der Waals surface area (Å²) in [6.45, 7) is 1.89. The van der Waals surface area contributed by atoms with Crippen molar-refractivity contribution in [2.45, 2.75) is 43.5 Å². The standard InChI is InChI=1S/C22H23FN4O3S/c1-2-14-4-3-5-20(23)19(14)11-22(28)26-16-6-9-18(21(10-16)31(24,29)30)15-12-25-27(13-15)17-7-8-17/h3-6,9-10,12-13,17H,2,7-8,11H2,1H3,(H,26,28)(H2,24,29,30). The molecule has 0 saturated heterocycles. The number of rotatable bonds is 7. The molecule has 1 aliphatic rings. The van der Waals surface area contributed by atoms with Gasteiger partial charge in [-0.2, -0.15) is 5.10 Å². The molecule has 1 saturated carbocycles. The third-order valence-corrected chi connectivity index (χ3v) is 6.29. The first-order valence-corrected chi connectivity index (χ1v) is 11.6. The van der Waals surface area contributed by atoms with Crippen LogP contribution in [0.15, 0.2) is 53.7 Å². The summed E-state index contributed by atoms with van der Waals surface area (Å²) in [5.74, 6) is -0.891. The Bertz CT molecular complexity index is 1250. The van der Waals surface area contributed by atoms with Crippen LogP contribution in [-0.4, -0.2) is 24.1 Å². The van der Waals surface area contributed by atoms with Gasteiger partial charge in [0.15, 0.2) is 0 Å². The summed E-state index contributed by atoms with van der Waals surface area (Å²) in [6.07, 6.45) is 5.94.